The minimum absolute atomic E-state index is 0.0680. The molecule has 8 heteroatoms. The van der Waals surface area contributed by atoms with Crippen LogP contribution in [0.5, 0.6) is 0 Å². The van der Waals surface area contributed by atoms with Crippen molar-refractivity contribution in [3.63, 3.8) is 0 Å². The van der Waals surface area contributed by atoms with Gasteiger partial charge in [0.25, 0.3) is 5.91 Å². The van der Waals surface area contributed by atoms with E-state index in [1.165, 1.54) is 11.2 Å². The summed E-state index contributed by atoms with van der Waals surface area (Å²) in [4.78, 5) is 44.9. The number of benzene rings is 1. The molecule has 1 aliphatic rings. The average Bonchev–Trinajstić information content (AvgIpc) is 3.57. The van der Waals surface area contributed by atoms with Crippen LogP contribution in [0, 0.1) is 0 Å². The molecule has 0 unspecified atom stereocenters. The van der Waals surface area contributed by atoms with Crippen molar-refractivity contribution >= 4 is 23.5 Å². The lowest BCUT2D eigenvalue weighted by Gasteiger charge is -2.31. The maximum Gasteiger partial charge on any atom is 0.338 e. The summed E-state index contributed by atoms with van der Waals surface area (Å²) in [6.07, 6.45) is 8.54. The van der Waals surface area contributed by atoms with Gasteiger partial charge in [0.1, 0.15) is 6.04 Å². The number of amides is 2. The first-order valence-electron chi connectivity index (χ1n) is 11.4. The Kier molecular flexibility index (Phi) is 7.37. The summed E-state index contributed by atoms with van der Waals surface area (Å²) in [5, 5.41) is 3.11. The number of ether oxygens (including phenoxy) is 1. The van der Waals surface area contributed by atoms with Crippen molar-refractivity contribution in [2.45, 2.75) is 44.7 Å². The Bertz CT molecular complexity index is 1110. The quantitative estimate of drug-likeness (QED) is 0.502. The first-order valence-corrected chi connectivity index (χ1v) is 11.4. The summed E-state index contributed by atoms with van der Waals surface area (Å²) in [5.74, 6) is -1.14. The first-order chi connectivity index (χ1) is 16.6. The monoisotopic (exact) mass is 461 g/mol. The molecule has 34 heavy (non-hydrogen) atoms. The zero-order chi connectivity index (χ0) is 23.9. The third-order valence-corrected chi connectivity index (χ3v) is 5.82. The van der Waals surface area contributed by atoms with Crippen molar-refractivity contribution < 1.29 is 23.5 Å². The summed E-state index contributed by atoms with van der Waals surface area (Å²) in [6.45, 7) is 1.99. The normalized spacial score (nSPS) is 14.4. The molecular formula is C26H27N3O5. The number of aromatic nitrogens is 1. The average molecular weight is 462 g/mol. The highest BCUT2D eigenvalue weighted by atomic mass is 16.5. The number of nitrogens with one attached hydrogen (secondary N) is 1. The molecule has 0 saturated heterocycles. The van der Waals surface area contributed by atoms with Crippen molar-refractivity contribution in [1.82, 2.24) is 10.3 Å². The second-order valence-electron chi connectivity index (χ2n) is 8.10. The van der Waals surface area contributed by atoms with E-state index in [9.17, 15) is 14.4 Å². The Balaban J connectivity index is 1.76. The third-order valence-electron chi connectivity index (χ3n) is 5.82. The number of hydrogen-bond donors (Lipinski definition) is 1. The van der Waals surface area contributed by atoms with Crippen LogP contribution in [0.3, 0.4) is 0 Å². The fourth-order valence-electron chi connectivity index (χ4n) is 4.18. The van der Waals surface area contributed by atoms with E-state index in [2.05, 4.69) is 10.3 Å². The number of anilines is 1. The van der Waals surface area contributed by atoms with E-state index >= 15 is 0 Å². The van der Waals surface area contributed by atoms with E-state index < -0.39 is 17.9 Å². The number of esters is 1. The number of hydrogen-bond acceptors (Lipinski definition) is 6. The highest BCUT2D eigenvalue weighted by Crippen LogP contribution is 2.31. The lowest BCUT2D eigenvalue weighted by molar-refractivity contribution is -0.123. The fraction of sp³-hybridized carbons (Fsp3) is 0.308. The van der Waals surface area contributed by atoms with Crippen molar-refractivity contribution in [1.29, 1.82) is 0 Å². The smallest absolute Gasteiger partial charge is 0.338 e. The third kappa shape index (κ3) is 5.17. The van der Waals surface area contributed by atoms with Crippen LogP contribution in [0.4, 0.5) is 5.69 Å². The molecule has 1 N–H and O–H groups in total. The van der Waals surface area contributed by atoms with Crippen LogP contribution in [0.15, 0.2) is 71.6 Å². The van der Waals surface area contributed by atoms with Crippen molar-refractivity contribution in [3.8, 4) is 0 Å². The van der Waals surface area contributed by atoms with Crippen LogP contribution in [-0.4, -0.2) is 35.4 Å². The van der Waals surface area contributed by atoms with Crippen molar-refractivity contribution in [2.75, 3.05) is 11.5 Å². The van der Waals surface area contributed by atoms with E-state index in [1.807, 2.05) is 0 Å². The first kappa shape index (κ1) is 23.2. The lowest BCUT2D eigenvalue weighted by Crippen LogP contribution is -2.46. The van der Waals surface area contributed by atoms with E-state index in [-0.39, 0.29) is 24.3 Å². The van der Waals surface area contributed by atoms with Gasteiger partial charge in [-0.05, 0) is 62.2 Å². The van der Waals surface area contributed by atoms with Crippen LogP contribution < -0.4 is 10.2 Å². The highest BCUT2D eigenvalue weighted by molar-refractivity contribution is 6.08. The fourth-order valence-corrected chi connectivity index (χ4v) is 4.18. The van der Waals surface area contributed by atoms with Gasteiger partial charge in [0.2, 0.25) is 5.91 Å². The van der Waals surface area contributed by atoms with E-state index in [0.29, 0.717) is 16.8 Å². The van der Waals surface area contributed by atoms with Crippen LogP contribution >= 0.6 is 0 Å². The van der Waals surface area contributed by atoms with Gasteiger partial charge in [0.15, 0.2) is 5.76 Å². The maximum atomic E-state index is 13.6. The van der Waals surface area contributed by atoms with Gasteiger partial charge < -0.3 is 14.5 Å². The Morgan fingerprint density at radius 2 is 1.88 bits per heavy atom. The molecule has 2 aromatic heterocycles. The number of rotatable bonds is 8. The maximum absolute atomic E-state index is 13.6. The molecular weight excluding hydrogens is 434 g/mol. The van der Waals surface area contributed by atoms with E-state index in [4.69, 9.17) is 9.15 Å². The minimum Gasteiger partial charge on any atom is -0.462 e. The Morgan fingerprint density at radius 3 is 2.50 bits per heavy atom. The summed E-state index contributed by atoms with van der Waals surface area (Å²) in [5.41, 5.74) is 1.35. The number of carbonyl (C=O) groups excluding carboxylic acids is 3. The molecule has 0 aliphatic heterocycles. The SMILES string of the molecule is CCOC(=O)c1ccc(N(C(=O)c2ccco2)[C@@H](C(=O)NC2CCCC2)c2cccnc2)cc1. The Morgan fingerprint density at radius 1 is 1.12 bits per heavy atom. The van der Waals surface area contributed by atoms with Gasteiger partial charge in [-0.1, -0.05) is 18.9 Å². The largest absolute Gasteiger partial charge is 0.462 e. The van der Waals surface area contributed by atoms with Crippen molar-refractivity contribution in [2.24, 2.45) is 0 Å². The predicted octanol–water partition coefficient (Wildman–Crippen LogP) is 4.30. The molecule has 0 spiro atoms. The minimum atomic E-state index is -0.986. The molecule has 1 aromatic carbocycles. The zero-order valence-electron chi connectivity index (χ0n) is 19.0. The van der Waals surface area contributed by atoms with Gasteiger partial charge in [0, 0.05) is 29.7 Å². The standard InChI is InChI=1S/C26H27N3O5/c1-2-33-26(32)18-11-13-21(14-12-18)29(25(31)22-10-6-16-34-22)23(19-7-5-15-27-17-19)24(30)28-20-8-3-4-9-20/h5-7,10-17,20,23H,2-4,8-9H2,1H3,(H,28,30)/t23-/m1/s1. The lowest BCUT2D eigenvalue weighted by atomic mass is 10.0. The summed E-state index contributed by atoms with van der Waals surface area (Å²) in [6, 6.07) is 12.1. The summed E-state index contributed by atoms with van der Waals surface area (Å²) < 4.78 is 10.4. The molecule has 0 radical (unpaired) electrons. The van der Waals surface area contributed by atoms with Crippen molar-refractivity contribution in [3.05, 3.63) is 84.1 Å². The number of nitrogens with zero attached hydrogens (tertiary/aromatic N) is 2. The van der Waals surface area contributed by atoms with Gasteiger partial charge in [-0.25, -0.2) is 4.79 Å². The van der Waals surface area contributed by atoms with Crippen LogP contribution in [0.25, 0.3) is 0 Å². The second-order valence-corrected chi connectivity index (χ2v) is 8.10. The number of pyridine rings is 1. The molecule has 176 valence electrons. The molecule has 0 bridgehead atoms. The van der Waals surface area contributed by atoms with Gasteiger partial charge in [0.05, 0.1) is 18.4 Å². The van der Waals surface area contributed by atoms with Crippen LogP contribution in [-0.2, 0) is 9.53 Å². The molecule has 4 rings (SSSR count). The van der Waals surface area contributed by atoms with Gasteiger partial charge in [-0.15, -0.1) is 0 Å². The molecule has 1 atom stereocenters. The van der Waals surface area contributed by atoms with E-state index in [1.54, 1.807) is 67.8 Å². The molecule has 2 heterocycles. The molecule has 1 saturated carbocycles. The Labute approximate surface area is 197 Å². The number of furan rings is 1. The van der Waals surface area contributed by atoms with Gasteiger partial charge in [-0.3, -0.25) is 19.5 Å². The highest BCUT2D eigenvalue weighted by Gasteiger charge is 2.36. The summed E-state index contributed by atoms with van der Waals surface area (Å²) >= 11 is 0. The molecule has 1 fully saturated rings. The molecule has 2 amide bonds. The molecule has 8 nitrogen and oxygen atoms in total. The van der Waals surface area contributed by atoms with Crippen LogP contribution in [0.2, 0.25) is 0 Å². The number of carbonyl (C=O) groups is 3. The zero-order valence-corrected chi connectivity index (χ0v) is 19.0. The Hall–Kier alpha value is -3.94. The molecule has 1 aliphatic carbocycles. The van der Waals surface area contributed by atoms with Crippen LogP contribution in [0.1, 0.15) is 65.1 Å². The second kappa shape index (κ2) is 10.8. The van der Waals surface area contributed by atoms with Gasteiger partial charge >= 0.3 is 5.97 Å². The predicted molar refractivity (Wildman–Crippen MR) is 125 cm³/mol. The molecule has 3 aromatic rings. The topological polar surface area (TPSA) is 102 Å². The van der Waals surface area contributed by atoms with Gasteiger partial charge in [-0.2, -0.15) is 0 Å². The van der Waals surface area contributed by atoms with E-state index in [0.717, 1.165) is 25.7 Å². The summed E-state index contributed by atoms with van der Waals surface area (Å²) in [7, 11) is 0.